The summed E-state index contributed by atoms with van der Waals surface area (Å²) in [5.74, 6) is 0. The van der Waals surface area contributed by atoms with Crippen LogP contribution in [-0.2, 0) is 0 Å². The van der Waals surface area contributed by atoms with E-state index in [1.165, 1.54) is 32.4 Å². The summed E-state index contributed by atoms with van der Waals surface area (Å²) in [7, 11) is 0. The molecule has 1 fully saturated rings. The van der Waals surface area contributed by atoms with Crippen LogP contribution in [0, 0.1) is 0 Å². The van der Waals surface area contributed by atoms with Crippen LogP contribution in [0.25, 0.3) is 0 Å². The maximum Gasteiger partial charge on any atom is 0.0278 e. The topological polar surface area (TPSA) is 17.3 Å². The molecule has 0 atom stereocenters. The summed E-state index contributed by atoms with van der Waals surface area (Å²) >= 11 is 0. The molecule has 0 unspecified atom stereocenters. The Balaban J connectivity index is 2.08. The van der Waals surface area contributed by atoms with Crippen molar-refractivity contribution in [1.29, 1.82) is 0 Å². The summed E-state index contributed by atoms with van der Waals surface area (Å²) < 4.78 is 0. The zero-order chi connectivity index (χ0) is 6.53. The Labute approximate surface area is 57.2 Å². The predicted molar refractivity (Wildman–Crippen MR) is 38.1 cm³/mol. The van der Waals surface area contributed by atoms with E-state index in [0.29, 0.717) is 0 Å². The Morgan fingerprint density at radius 2 is 1.89 bits per heavy atom. The van der Waals surface area contributed by atoms with Gasteiger partial charge in [0.05, 0.1) is 0 Å². The van der Waals surface area contributed by atoms with E-state index in [9.17, 15) is 0 Å². The summed E-state index contributed by atoms with van der Waals surface area (Å²) in [5.41, 5.74) is 4.32. The smallest absolute Gasteiger partial charge is 0.0278 e. The monoisotopic (exact) mass is 127 g/mol. The van der Waals surface area contributed by atoms with Gasteiger partial charge < -0.3 is 0 Å². The van der Waals surface area contributed by atoms with Crippen LogP contribution in [-0.4, -0.2) is 24.6 Å². The van der Waals surface area contributed by atoms with Crippen LogP contribution >= 0.6 is 0 Å². The third-order valence-electron chi connectivity index (χ3n) is 1.67. The Morgan fingerprint density at radius 1 is 1.22 bits per heavy atom. The Kier molecular flexibility index (Phi) is 3.01. The molecule has 53 valence electrons. The van der Waals surface area contributed by atoms with E-state index in [1.54, 1.807) is 0 Å². The summed E-state index contributed by atoms with van der Waals surface area (Å²) in [6.07, 6.45) is 4.07. The van der Waals surface area contributed by atoms with E-state index in [2.05, 4.69) is 17.4 Å². The van der Waals surface area contributed by atoms with Crippen LogP contribution in [0.5, 0.6) is 0 Å². The molecular formula is C7H15N2. The molecular weight excluding hydrogens is 112 g/mol. The Bertz CT molecular complexity index is 64.6. The van der Waals surface area contributed by atoms with Gasteiger partial charge in [0.25, 0.3) is 0 Å². The second-order valence-corrected chi connectivity index (χ2v) is 2.47. The fourth-order valence-corrected chi connectivity index (χ4v) is 1.22. The molecule has 0 amide bonds. The van der Waals surface area contributed by atoms with Crippen LogP contribution in [0.1, 0.15) is 26.2 Å². The molecule has 0 saturated carbocycles. The average Bonchev–Trinajstić information content (AvgIpc) is 1.91. The van der Waals surface area contributed by atoms with Crippen molar-refractivity contribution in [2.24, 2.45) is 0 Å². The van der Waals surface area contributed by atoms with Gasteiger partial charge in [-0.15, -0.1) is 0 Å². The summed E-state index contributed by atoms with van der Waals surface area (Å²) in [5, 5.41) is 2.20. The van der Waals surface area contributed by atoms with Crippen LogP contribution in [0.2, 0.25) is 0 Å². The molecule has 9 heavy (non-hydrogen) atoms. The third-order valence-corrected chi connectivity index (χ3v) is 1.67. The van der Waals surface area contributed by atoms with Crippen molar-refractivity contribution in [3.05, 3.63) is 0 Å². The first kappa shape index (κ1) is 7.03. The number of rotatable bonds is 2. The minimum atomic E-state index is 0.944. The molecule has 0 aromatic rings. The molecule has 0 aliphatic carbocycles. The molecule has 1 aliphatic rings. The lowest BCUT2D eigenvalue weighted by atomic mass is 10.2. The lowest BCUT2D eigenvalue weighted by Gasteiger charge is -2.24. The van der Waals surface area contributed by atoms with Gasteiger partial charge in [-0.05, 0) is 19.8 Å². The fourth-order valence-electron chi connectivity index (χ4n) is 1.22. The molecule has 0 aromatic heterocycles. The lowest BCUT2D eigenvalue weighted by Crippen LogP contribution is -2.36. The van der Waals surface area contributed by atoms with E-state index in [0.717, 1.165) is 6.54 Å². The molecule has 2 heteroatoms. The van der Waals surface area contributed by atoms with Crippen molar-refractivity contribution in [2.45, 2.75) is 26.2 Å². The molecule has 1 rings (SSSR count). The van der Waals surface area contributed by atoms with Crippen LogP contribution in [0.3, 0.4) is 0 Å². The number of nitrogens with zero attached hydrogens (tertiary/aromatic N) is 2. The molecule has 1 radical (unpaired) electrons. The van der Waals surface area contributed by atoms with Crippen LogP contribution in [0.15, 0.2) is 0 Å². The third kappa shape index (κ3) is 2.33. The zero-order valence-corrected chi connectivity index (χ0v) is 6.14. The highest BCUT2D eigenvalue weighted by atomic mass is 15.5. The quantitative estimate of drug-likeness (QED) is 0.541. The minimum absolute atomic E-state index is 0.944. The van der Waals surface area contributed by atoms with Gasteiger partial charge in [-0.2, -0.15) is 5.43 Å². The minimum Gasteiger partial charge on any atom is -0.227 e. The second-order valence-electron chi connectivity index (χ2n) is 2.47. The first-order chi connectivity index (χ1) is 4.43. The van der Waals surface area contributed by atoms with Crippen molar-refractivity contribution in [3.8, 4) is 0 Å². The van der Waals surface area contributed by atoms with Crippen molar-refractivity contribution in [1.82, 2.24) is 10.4 Å². The summed E-state index contributed by atoms with van der Waals surface area (Å²) in [4.78, 5) is 0. The maximum atomic E-state index is 4.32. The van der Waals surface area contributed by atoms with Gasteiger partial charge in [-0.1, -0.05) is 6.42 Å². The van der Waals surface area contributed by atoms with Gasteiger partial charge in [0.1, 0.15) is 0 Å². The largest absolute Gasteiger partial charge is 0.227 e. The predicted octanol–water partition coefficient (Wildman–Crippen LogP) is 1.01. The molecule has 1 heterocycles. The van der Waals surface area contributed by atoms with Crippen molar-refractivity contribution < 1.29 is 0 Å². The molecule has 0 aromatic carbocycles. The van der Waals surface area contributed by atoms with E-state index < -0.39 is 0 Å². The number of hydrogen-bond donors (Lipinski definition) is 0. The SMILES string of the molecule is CC[N]N1CCCCC1. The zero-order valence-electron chi connectivity index (χ0n) is 6.14. The van der Waals surface area contributed by atoms with Gasteiger partial charge >= 0.3 is 0 Å². The van der Waals surface area contributed by atoms with Gasteiger partial charge in [-0.25, -0.2) is 5.01 Å². The molecule has 1 aliphatic heterocycles. The van der Waals surface area contributed by atoms with Crippen molar-refractivity contribution in [3.63, 3.8) is 0 Å². The highest BCUT2D eigenvalue weighted by Gasteiger charge is 2.07. The average molecular weight is 127 g/mol. The van der Waals surface area contributed by atoms with Gasteiger partial charge in [0.2, 0.25) is 0 Å². The van der Waals surface area contributed by atoms with Crippen LogP contribution in [0.4, 0.5) is 0 Å². The highest BCUT2D eigenvalue weighted by molar-refractivity contribution is 4.58. The molecule has 1 saturated heterocycles. The molecule has 2 nitrogen and oxygen atoms in total. The van der Waals surface area contributed by atoms with E-state index >= 15 is 0 Å². The Morgan fingerprint density at radius 3 is 2.44 bits per heavy atom. The number of hydrogen-bond acceptors (Lipinski definition) is 1. The number of piperidine rings is 1. The normalized spacial score (nSPS) is 22.3. The highest BCUT2D eigenvalue weighted by Crippen LogP contribution is 2.05. The first-order valence-electron chi connectivity index (χ1n) is 3.86. The van der Waals surface area contributed by atoms with E-state index in [-0.39, 0.29) is 0 Å². The van der Waals surface area contributed by atoms with Crippen molar-refractivity contribution in [2.75, 3.05) is 19.6 Å². The van der Waals surface area contributed by atoms with E-state index in [1.807, 2.05) is 0 Å². The second kappa shape index (κ2) is 3.85. The summed E-state index contributed by atoms with van der Waals surface area (Å²) in [6, 6.07) is 0. The Hall–Kier alpha value is -0.0800. The van der Waals surface area contributed by atoms with Gasteiger partial charge in [0, 0.05) is 19.6 Å². The summed E-state index contributed by atoms with van der Waals surface area (Å²) in [6.45, 7) is 5.41. The maximum absolute atomic E-state index is 4.32. The standard InChI is InChI=1S/C7H15N2/c1-2-8-9-6-4-3-5-7-9/h2-7H2,1H3. The lowest BCUT2D eigenvalue weighted by molar-refractivity contribution is 0.152. The van der Waals surface area contributed by atoms with E-state index in [4.69, 9.17) is 0 Å². The molecule has 0 bridgehead atoms. The van der Waals surface area contributed by atoms with Gasteiger partial charge in [0.15, 0.2) is 0 Å². The first-order valence-corrected chi connectivity index (χ1v) is 3.86. The molecule has 0 spiro atoms. The molecule has 0 N–H and O–H groups in total. The van der Waals surface area contributed by atoms with Crippen LogP contribution < -0.4 is 5.43 Å². The van der Waals surface area contributed by atoms with Crippen molar-refractivity contribution >= 4 is 0 Å². The fraction of sp³-hybridized carbons (Fsp3) is 1.00. The van der Waals surface area contributed by atoms with Gasteiger partial charge in [-0.3, -0.25) is 0 Å².